The molecule has 0 unspecified atom stereocenters. The van der Waals surface area contributed by atoms with Gasteiger partial charge in [-0.15, -0.1) is 10.9 Å². The summed E-state index contributed by atoms with van der Waals surface area (Å²) in [5.41, 5.74) is 12.5. The van der Waals surface area contributed by atoms with Crippen molar-refractivity contribution in [2.45, 2.75) is 0 Å². The Bertz CT molecular complexity index is 81.8. The van der Waals surface area contributed by atoms with Crippen molar-refractivity contribution in [1.29, 1.82) is 0 Å². The Balaban J connectivity index is 2.80. The minimum atomic E-state index is 0.435. The van der Waals surface area contributed by atoms with Crippen molar-refractivity contribution < 1.29 is 4.79 Å². The molecule has 1 fully saturated rings. The van der Waals surface area contributed by atoms with Crippen LogP contribution in [-0.2, 0) is 0 Å². The Hall–Kier alpha value is -1.02. The van der Waals surface area contributed by atoms with Crippen LogP contribution < -0.4 is 10.9 Å². The van der Waals surface area contributed by atoms with E-state index >= 15 is 0 Å². The average Bonchev–Trinajstić information content (AvgIpc) is 2.12. The van der Waals surface area contributed by atoms with E-state index in [4.69, 9.17) is 5.53 Å². The van der Waals surface area contributed by atoms with Gasteiger partial charge in [0, 0.05) is 0 Å². The number of hydrogen-bond donors (Lipinski definition) is 2. The normalized spacial score (nSPS) is 14.8. The second kappa shape index (κ2) is 0.471. The zero-order valence-corrected chi connectivity index (χ0v) is 2.39. The summed E-state index contributed by atoms with van der Waals surface area (Å²) in [5, 5.41) is 0. The SMILES string of the molecule is [N-]=[N+]=C1NN1. The molecule has 5 heavy (non-hydrogen) atoms. The number of rotatable bonds is 0. The average molecular weight is 70.1 g/mol. The number of nitrogens with zero attached hydrogens (tertiary/aromatic N) is 2. The van der Waals surface area contributed by atoms with Crippen LogP contribution in [0.2, 0.25) is 0 Å². The number of hydrazine groups is 1. The molecule has 0 saturated carbocycles. The number of guanidine groups is 1. The van der Waals surface area contributed by atoms with Crippen LogP contribution in [0.1, 0.15) is 0 Å². The van der Waals surface area contributed by atoms with Crippen LogP contribution >= 0.6 is 0 Å². The lowest BCUT2D eigenvalue weighted by Crippen LogP contribution is -1.72. The highest BCUT2D eigenvalue weighted by atomic mass is 15.6. The monoisotopic (exact) mass is 70.0 g/mol. The molecule has 1 saturated heterocycles. The molecule has 0 aliphatic carbocycles. The van der Waals surface area contributed by atoms with Crippen LogP contribution in [0.3, 0.4) is 0 Å². The smallest absolute Gasteiger partial charge is 0.490 e. The van der Waals surface area contributed by atoms with Gasteiger partial charge in [0.05, 0.1) is 0 Å². The summed E-state index contributed by atoms with van der Waals surface area (Å²) >= 11 is 0. The first kappa shape index (κ1) is 2.23. The maximum atomic E-state index is 7.67. The zero-order valence-electron chi connectivity index (χ0n) is 2.39. The first-order chi connectivity index (χ1) is 2.43. The first-order valence-corrected chi connectivity index (χ1v) is 1.17. The van der Waals surface area contributed by atoms with Crippen molar-refractivity contribution in [3.05, 3.63) is 5.53 Å². The number of hydrogen-bond acceptors (Lipinski definition) is 0. The second-order valence-corrected chi connectivity index (χ2v) is 0.699. The lowest BCUT2D eigenvalue weighted by Gasteiger charge is -1.41. The van der Waals surface area contributed by atoms with Gasteiger partial charge in [0.25, 0.3) is 0 Å². The highest BCUT2D eigenvalue weighted by molar-refractivity contribution is 5.85. The molecule has 0 radical (unpaired) electrons. The van der Waals surface area contributed by atoms with E-state index in [1.165, 1.54) is 0 Å². The van der Waals surface area contributed by atoms with E-state index in [1.807, 2.05) is 0 Å². The molecule has 26 valence electrons. The molecule has 1 rings (SSSR count). The Morgan fingerprint density at radius 1 is 1.60 bits per heavy atom. The van der Waals surface area contributed by atoms with E-state index in [0.29, 0.717) is 5.96 Å². The predicted molar refractivity (Wildman–Crippen MR) is 14.9 cm³/mol. The summed E-state index contributed by atoms with van der Waals surface area (Å²) in [4.78, 5) is 2.69. The fourth-order valence-corrected chi connectivity index (χ4v) is 0.0780. The minimum absolute atomic E-state index is 0.435. The van der Waals surface area contributed by atoms with Gasteiger partial charge >= 0.3 is 5.96 Å². The Morgan fingerprint density at radius 2 is 2.20 bits per heavy atom. The third kappa shape index (κ3) is 0.181. The maximum absolute atomic E-state index is 7.67. The molecule has 1 aliphatic heterocycles. The van der Waals surface area contributed by atoms with E-state index in [0.717, 1.165) is 0 Å². The molecule has 0 bridgehead atoms. The minimum Gasteiger partial charge on any atom is -0.542 e. The van der Waals surface area contributed by atoms with Gasteiger partial charge in [-0.2, -0.15) is 0 Å². The van der Waals surface area contributed by atoms with Crippen LogP contribution in [0, 0.1) is 0 Å². The Labute approximate surface area is 28.4 Å². The highest BCUT2D eigenvalue weighted by Crippen LogP contribution is 1.59. The maximum Gasteiger partial charge on any atom is 0.490 e. The first-order valence-electron chi connectivity index (χ1n) is 1.17. The van der Waals surface area contributed by atoms with Crippen molar-refractivity contribution in [2.75, 3.05) is 0 Å². The summed E-state index contributed by atoms with van der Waals surface area (Å²) in [5.74, 6) is 0.435. The Kier molecular flexibility index (Phi) is 0.210. The molecule has 4 nitrogen and oxygen atoms in total. The number of nitrogens with one attached hydrogen (secondary N) is 2. The molecule has 0 aromatic carbocycles. The molecular formula is CH2N4. The largest absolute Gasteiger partial charge is 0.542 e. The highest BCUT2D eigenvalue weighted by Gasteiger charge is 2.21. The van der Waals surface area contributed by atoms with Gasteiger partial charge in [-0.1, -0.05) is 0 Å². The standard InChI is InChI=1S/CH2N4/c2-3-1-4-5-1/h4-5H. The van der Waals surface area contributed by atoms with E-state index < -0.39 is 0 Å². The van der Waals surface area contributed by atoms with Crippen LogP contribution in [0.25, 0.3) is 5.53 Å². The van der Waals surface area contributed by atoms with Gasteiger partial charge in [0.1, 0.15) is 0 Å². The fourth-order valence-electron chi connectivity index (χ4n) is 0.0780. The van der Waals surface area contributed by atoms with Crippen molar-refractivity contribution in [1.82, 2.24) is 10.9 Å². The van der Waals surface area contributed by atoms with Gasteiger partial charge in [0.2, 0.25) is 0 Å². The predicted octanol–water partition coefficient (Wildman–Crippen LogP) is -1.32. The van der Waals surface area contributed by atoms with Gasteiger partial charge < -0.3 is 10.3 Å². The summed E-state index contributed by atoms with van der Waals surface area (Å²) in [6.07, 6.45) is 0. The molecule has 1 heterocycles. The molecular weight excluding hydrogens is 68.0 g/mol. The quantitative estimate of drug-likeness (QED) is 0.210. The van der Waals surface area contributed by atoms with Crippen molar-refractivity contribution in [2.24, 2.45) is 0 Å². The summed E-state index contributed by atoms with van der Waals surface area (Å²) in [6.45, 7) is 0. The van der Waals surface area contributed by atoms with E-state index in [1.54, 1.807) is 0 Å². The van der Waals surface area contributed by atoms with Crippen molar-refractivity contribution in [3.8, 4) is 0 Å². The third-order valence-corrected chi connectivity index (χ3v) is 0.337. The van der Waals surface area contributed by atoms with E-state index in [2.05, 4.69) is 15.6 Å². The van der Waals surface area contributed by atoms with Gasteiger partial charge in [-0.25, -0.2) is 0 Å². The van der Waals surface area contributed by atoms with Crippen LogP contribution in [-0.4, -0.2) is 10.7 Å². The molecule has 2 N–H and O–H groups in total. The lowest BCUT2D eigenvalue weighted by atomic mass is 11.3. The molecule has 4 heteroatoms. The van der Waals surface area contributed by atoms with Gasteiger partial charge in [-0.05, 0) is 0 Å². The molecule has 0 aromatic heterocycles. The van der Waals surface area contributed by atoms with Crippen LogP contribution in [0.4, 0.5) is 0 Å². The van der Waals surface area contributed by atoms with Crippen molar-refractivity contribution >= 4 is 5.96 Å². The van der Waals surface area contributed by atoms with Crippen molar-refractivity contribution in [3.63, 3.8) is 0 Å². The lowest BCUT2D eigenvalue weighted by molar-refractivity contribution is -0.00229. The summed E-state index contributed by atoms with van der Waals surface area (Å²) in [6, 6.07) is 0. The molecule has 0 spiro atoms. The molecule has 0 amide bonds. The topological polar surface area (TPSA) is 80.3 Å². The molecule has 0 aromatic rings. The molecule has 1 aliphatic rings. The Morgan fingerprint density at radius 3 is 2.20 bits per heavy atom. The van der Waals surface area contributed by atoms with E-state index in [9.17, 15) is 0 Å². The van der Waals surface area contributed by atoms with E-state index in [-0.39, 0.29) is 0 Å². The van der Waals surface area contributed by atoms with Crippen LogP contribution in [0.15, 0.2) is 0 Å². The summed E-state index contributed by atoms with van der Waals surface area (Å²) in [7, 11) is 0. The van der Waals surface area contributed by atoms with Gasteiger partial charge in [-0.3, -0.25) is 0 Å². The third-order valence-electron chi connectivity index (χ3n) is 0.337. The van der Waals surface area contributed by atoms with Crippen LogP contribution in [0.5, 0.6) is 0 Å². The fraction of sp³-hybridized carbons (Fsp3) is 0. The zero-order chi connectivity index (χ0) is 3.70. The summed E-state index contributed by atoms with van der Waals surface area (Å²) < 4.78 is 0. The van der Waals surface area contributed by atoms with Gasteiger partial charge in [0.15, 0.2) is 0 Å². The molecule has 0 atom stereocenters. The second-order valence-electron chi connectivity index (χ2n) is 0.699.